The fraction of sp³-hybridized carbons (Fsp3) is 0.312. The Labute approximate surface area is 119 Å². The Balaban J connectivity index is 1.87. The van der Waals surface area contributed by atoms with Crippen molar-refractivity contribution in [3.63, 3.8) is 0 Å². The van der Waals surface area contributed by atoms with Crippen molar-refractivity contribution in [3.05, 3.63) is 53.9 Å². The summed E-state index contributed by atoms with van der Waals surface area (Å²) in [5.41, 5.74) is 2.38. The molecule has 0 amide bonds. The Morgan fingerprint density at radius 3 is 2.55 bits per heavy atom. The van der Waals surface area contributed by atoms with E-state index < -0.39 is 0 Å². The van der Waals surface area contributed by atoms with Crippen LogP contribution in [0.1, 0.15) is 11.1 Å². The molecule has 0 spiro atoms. The minimum Gasteiger partial charge on any atom is -0.497 e. The summed E-state index contributed by atoms with van der Waals surface area (Å²) >= 11 is 0. The van der Waals surface area contributed by atoms with Crippen LogP contribution < -0.4 is 14.8 Å². The Morgan fingerprint density at radius 2 is 1.85 bits per heavy atom. The lowest BCUT2D eigenvalue weighted by molar-refractivity contribution is 0.397. The lowest BCUT2D eigenvalue weighted by atomic mass is 10.1. The molecule has 1 N–H and O–H groups in total. The Morgan fingerprint density at radius 1 is 1.05 bits per heavy atom. The summed E-state index contributed by atoms with van der Waals surface area (Å²) in [6.07, 6.45) is 4.62. The molecular formula is C16H20N2O2. The van der Waals surface area contributed by atoms with E-state index in [-0.39, 0.29) is 0 Å². The van der Waals surface area contributed by atoms with Crippen LogP contribution in [0.3, 0.4) is 0 Å². The first-order valence-electron chi connectivity index (χ1n) is 6.64. The molecule has 0 bridgehead atoms. The summed E-state index contributed by atoms with van der Waals surface area (Å²) in [6, 6.07) is 9.90. The smallest absolute Gasteiger partial charge is 0.123 e. The van der Waals surface area contributed by atoms with E-state index in [0.717, 1.165) is 36.6 Å². The number of aromatic nitrogens is 1. The monoisotopic (exact) mass is 272 g/mol. The predicted molar refractivity (Wildman–Crippen MR) is 79.2 cm³/mol. The number of pyridine rings is 1. The molecule has 0 saturated heterocycles. The van der Waals surface area contributed by atoms with Crippen LogP contribution in [0.15, 0.2) is 42.7 Å². The number of nitrogens with one attached hydrogen (secondary N) is 1. The van der Waals surface area contributed by atoms with Gasteiger partial charge in [-0.05, 0) is 48.9 Å². The average molecular weight is 272 g/mol. The molecule has 0 aliphatic carbocycles. The van der Waals surface area contributed by atoms with Gasteiger partial charge in [0.25, 0.3) is 0 Å². The molecular weight excluding hydrogens is 252 g/mol. The SMILES string of the molecule is COc1ccc(OC)c(CNCCc2ccncc2)c1. The van der Waals surface area contributed by atoms with Gasteiger partial charge in [0.15, 0.2) is 0 Å². The second kappa shape index (κ2) is 7.50. The van der Waals surface area contributed by atoms with Crippen LogP contribution in [-0.4, -0.2) is 25.7 Å². The molecule has 0 radical (unpaired) electrons. The number of rotatable bonds is 7. The Bertz CT molecular complexity index is 529. The normalized spacial score (nSPS) is 10.3. The summed E-state index contributed by atoms with van der Waals surface area (Å²) in [4.78, 5) is 4.01. The zero-order valence-corrected chi connectivity index (χ0v) is 11.9. The molecule has 1 heterocycles. The molecule has 2 aromatic rings. The van der Waals surface area contributed by atoms with E-state index in [1.165, 1.54) is 5.56 Å². The summed E-state index contributed by atoms with van der Waals surface area (Å²) in [6.45, 7) is 1.66. The third-order valence-electron chi connectivity index (χ3n) is 3.14. The molecule has 4 nitrogen and oxygen atoms in total. The highest BCUT2D eigenvalue weighted by Gasteiger charge is 2.04. The predicted octanol–water partition coefficient (Wildman–Crippen LogP) is 2.43. The van der Waals surface area contributed by atoms with Gasteiger partial charge in [-0.15, -0.1) is 0 Å². The molecule has 1 aromatic carbocycles. The average Bonchev–Trinajstić information content (AvgIpc) is 2.52. The van der Waals surface area contributed by atoms with Crippen LogP contribution in [0, 0.1) is 0 Å². The minimum absolute atomic E-state index is 0.755. The quantitative estimate of drug-likeness (QED) is 0.786. The second-order valence-electron chi connectivity index (χ2n) is 4.46. The number of methoxy groups -OCH3 is 2. The van der Waals surface area contributed by atoms with Crippen LogP contribution in [0.25, 0.3) is 0 Å². The van der Waals surface area contributed by atoms with Crippen molar-refractivity contribution in [2.24, 2.45) is 0 Å². The third kappa shape index (κ3) is 3.96. The zero-order valence-electron chi connectivity index (χ0n) is 11.9. The molecule has 0 saturated carbocycles. The van der Waals surface area contributed by atoms with Gasteiger partial charge in [0.2, 0.25) is 0 Å². The van der Waals surface area contributed by atoms with E-state index in [4.69, 9.17) is 9.47 Å². The highest BCUT2D eigenvalue weighted by molar-refractivity contribution is 5.40. The lowest BCUT2D eigenvalue weighted by Crippen LogP contribution is -2.17. The fourth-order valence-corrected chi connectivity index (χ4v) is 2.03. The molecule has 0 aliphatic rings. The number of hydrogen-bond donors (Lipinski definition) is 1. The van der Waals surface area contributed by atoms with Gasteiger partial charge >= 0.3 is 0 Å². The second-order valence-corrected chi connectivity index (χ2v) is 4.46. The van der Waals surface area contributed by atoms with E-state index in [0.29, 0.717) is 0 Å². The van der Waals surface area contributed by atoms with E-state index in [2.05, 4.69) is 10.3 Å². The molecule has 20 heavy (non-hydrogen) atoms. The van der Waals surface area contributed by atoms with Gasteiger partial charge < -0.3 is 14.8 Å². The molecule has 0 unspecified atom stereocenters. The van der Waals surface area contributed by atoms with Gasteiger partial charge in [0, 0.05) is 24.5 Å². The molecule has 106 valence electrons. The highest BCUT2D eigenvalue weighted by atomic mass is 16.5. The lowest BCUT2D eigenvalue weighted by Gasteiger charge is -2.11. The van der Waals surface area contributed by atoms with Gasteiger partial charge in [-0.3, -0.25) is 4.98 Å². The van der Waals surface area contributed by atoms with Crippen LogP contribution in [0.4, 0.5) is 0 Å². The number of hydrogen-bond acceptors (Lipinski definition) is 4. The zero-order chi connectivity index (χ0) is 14.2. The first-order valence-corrected chi connectivity index (χ1v) is 6.64. The van der Waals surface area contributed by atoms with Crippen molar-refractivity contribution in [3.8, 4) is 11.5 Å². The summed E-state index contributed by atoms with van der Waals surface area (Å²) in [7, 11) is 3.35. The molecule has 0 atom stereocenters. The maximum atomic E-state index is 5.36. The fourth-order valence-electron chi connectivity index (χ4n) is 2.03. The Kier molecular flexibility index (Phi) is 5.38. The molecule has 2 rings (SSSR count). The maximum Gasteiger partial charge on any atom is 0.123 e. The van der Waals surface area contributed by atoms with Crippen LogP contribution >= 0.6 is 0 Å². The van der Waals surface area contributed by atoms with Crippen molar-refractivity contribution in [1.82, 2.24) is 10.3 Å². The van der Waals surface area contributed by atoms with E-state index in [1.807, 2.05) is 42.7 Å². The minimum atomic E-state index is 0.755. The molecule has 0 fully saturated rings. The van der Waals surface area contributed by atoms with Crippen molar-refractivity contribution in [2.75, 3.05) is 20.8 Å². The standard InChI is InChI=1S/C16H20N2O2/c1-19-15-3-4-16(20-2)14(11-15)12-18-10-7-13-5-8-17-9-6-13/h3-6,8-9,11,18H,7,10,12H2,1-2H3. The molecule has 0 aliphatic heterocycles. The van der Waals surface area contributed by atoms with Gasteiger partial charge in [-0.2, -0.15) is 0 Å². The first kappa shape index (κ1) is 14.3. The van der Waals surface area contributed by atoms with Crippen LogP contribution in [0.5, 0.6) is 11.5 Å². The number of benzene rings is 1. The van der Waals surface area contributed by atoms with E-state index >= 15 is 0 Å². The van der Waals surface area contributed by atoms with Crippen molar-refractivity contribution < 1.29 is 9.47 Å². The Hall–Kier alpha value is -2.07. The van der Waals surface area contributed by atoms with Gasteiger partial charge in [0.1, 0.15) is 11.5 Å². The van der Waals surface area contributed by atoms with Gasteiger partial charge in [0.05, 0.1) is 14.2 Å². The van der Waals surface area contributed by atoms with E-state index in [9.17, 15) is 0 Å². The molecule has 1 aromatic heterocycles. The van der Waals surface area contributed by atoms with Crippen molar-refractivity contribution >= 4 is 0 Å². The van der Waals surface area contributed by atoms with Crippen LogP contribution in [0.2, 0.25) is 0 Å². The van der Waals surface area contributed by atoms with E-state index in [1.54, 1.807) is 14.2 Å². The van der Waals surface area contributed by atoms with Gasteiger partial charge in [-0.1, -0.05) is 0 Å². The summed E-state index contributed by atoms with van der Waals surface area (Å²) in [5.74, 6) is 1.72. The molecule has 4 heteroatoms. The largest absolute Gasteiger partial charge is 0.497 e. The number of nitrogens with zero attached hydrogens (tertiary/aromatic N) is 1. The summed E-state index contributed by atoms with van der Waals surface area (Å²) in [5, 5.41) is 3.42. The number of ether oxygens (including phenoxy) is 2. The topological polar surface area (TPSA) is 43.4 Å². The maximum absolute atomic E-state index is 5.36. The van der Waals surface area contributed by atoms with Gasteiger partial charge in [-0.25, -0.2) is 0 Å². The van der Waals surface area contributed by atoms with Crippen molar-refractivity contribution in [1.29, 1.82) is 0 Å². The summed E-state index contributed by atoms with van der Waals surface area (Å²) < 4.78 is 10.6. The first-order chi connectivity index (χ1) is 9.83. The highest BCUT2D eigenvalue weighted by Crippen LogP contribution is 2.23. The van der Waals surface area contributed by atoms with Crippen LogP contribution in [-0.2, 0) is 13.0 Å². The third-order valence-corrected chi connectivity index (χ3v) is 3.14. The van der Waals surface area contributed by atoms with Crippen molar-refractivity contribution in [2.45, 2.75) is 13.0 Å².